The molecule has 6 heteroatoms. The van der Waals surface area contributed by atoms with Crippen LogP contribution < -0.4 is 0 Å². The van der Waals surface area contributed by atoms with Crippen molar-refractivity contribution in [3.8, 4) is 0 Å². The van der Waals surface area contributed by atoms with E-state index in [9.17, 15) is 19.5 Å². The molecule has 1 aliphatic carbocycles. The second-order valence-corrected chi connectivity index (χ2v) is 5.33. The number of carbonyl (C=O) groups is 3. The molecule has 0 bridgehead atoms. The minimum absolute atomic E-state index is 0.0149. The molecule has 0 spiro atoms. The smallest absolute Gasteiger partial charge is 0.307 e. The van der Waals surface area contributed by atoms with Gasteiger partial charge in [0, 0.05) is 33.1 Å². The van der Waals surface area contributed by atoms with Crippen molar-refractivity contribution in [1.29, 1.82) is 0 Å². The van der Waals surface area contributed by atoms with Crippen LogP contribution in [0, 0.1) is 11.8 Å². The minimum atomic E-state index is -0.907. The van der Waals surface area contributed by atoms with E-state index in [1.165, 1.54) is 6.92 Å². The summed E-state index contributed by atoms with van der Waals surface area (Å²) in [5, 5.41) is 9.21. The van der Waals surface area contributed by atoms with Crippen molar-refractivity contribution >= 4 is 17.8 Å². The van der Waals surface area contributed by atoms with Gasteiger partial charge >= 0.3 is 5.97 Å². The molecule has 0 unspecified atom stereocenters. The number of allylic oxidation sites excluding steroid dienone is 2. The Bertz CT molecular complexity index is 438. The van der Waals surface area contributed by atoms with Crippen molar-refractivity contribution in [2.45, 2.75) is 19.8 Å². The molecule has 0 radical (unpaired) electrons. The van der Waals surface area contributed by atoms with Gasteiger partial charge in [-0.3, -0.25) is 14.4 Å². The summed E-state index contributed by atoms with van der Waals surface area (Å²) in [4.78, 5) is 38.4. The van der Waals surface area contributed by atoms with Crippen LogP contribution in [0.2, 0.25) is 0 Å². The third-order valence-corrected chi connectivity index (χ3v) is 4.10. The number of hydrogen-bond acceptors (Lipinski definition) is 3. The van der Waals surface area contributed by atoms with Crippen molar-refractivity contribution in [2.24, 2.45) is 11.8 Å². The molecule has 20 heavy (non-hydrogen) atoms. The Labute approximate surface area is 118 Å². The standard InChI is InChI=1S/C14H20N2O4/c1-10(17)15-6-8-16(9-7-15)13(18)11-4-2-3-5-12(11)14(19)20/h2-3,11-12H,4-9H2,1H3,(H,19,20)/t11-,12+/m1/s1. The molecule has 0 aromatic carbocycles. The van der Waals surface area contributed by atoms with Crippen LogP contribution in [0.3, 0.4) is 0 Å². The lowest BCUT2D eigenvalue weighted by Crippen LogP contribution is -2.52. The Morgan fingerprint density at radius 3 is 1.95 bits per heavy atom. The predicted molar refractivity (Wildman–Crippen MR) is 71.8 cm³/mol. The topological polar surface area (TPSA) is 77.9 Å². The van der Waals surface area contributed by atoms with E-state index >= 15 is 0 Å². The maximum Gasteiger partial charge on any atom is 0.307 e. The fraction of sp³-hybridized carbons (Fsp3) is 0.643. The first-order valence-corrected chi connectivity index (χ1v) is 6.93. The van der Waals surface area contributed by atoms with E-state index in [4.69, 9.17) is 0 Å². The lowest BCUT2D eigenvalue weighted by molar-refractivity contribution is -0.151. The number of piperazine rings is 1. The van der Waals surface area contributed by atoms with Gasteiger partial charge < -0.3 is 14.9 Å². The minimum Gasteiger partial charge on any atom is -0.481 e. The van der Waals surface area contributed by atoms with E-state index in [0.29, 0.717) is 39.0 Å². The van der Waals surface area contributed by atoms with Crippen LogP contribution in [0.15, 0.2) is 12.2 Å². The number of nitrogens with zero attached hydrogens (tertiary/aromatic N) is 2. The van der Waals surface area contributed by atoms with Crippen LogP contribution in [-0.4, -0.2) is 58.9 Å². The van der Waals surface area contributed by atoms with Crippen molar-refractivity contribution in [1.82, 2.24) is 9.80 Å². The molecule has 1 saturated heterocycles. The summed E-state index contributed by atoms with van der Waals surface area (Å²) in [6, 6.07) is 0. The van der Waals surface area contributed by atoms with Gasteiger partial charge in [0.15, 0.2) is 0 Å². The SMILES string of the molecule is CC(=O)N1CCN(C(=O)[C@@H]2CC=CC[C@@H]2C(=O)O)CC1. The Morgan fingerprint density at radius 1 is 0.950 bits per heavy atom. The first-order valence-electron chi connectivity index (χ1n) is 6.93. The third-order valence-electron chi connectivity index (χ3n) is 4.10. The van der Waals surface area contributed by atoms with Gasteiger partial charge in [0.25, 0.3) is 0 Å². The molecule has 0 aromatic rings. The van der Waals surface area contributed by atoms with Crippen molar-refractivity contribution in [2.75, 3.05) is 26.2 Å². The van der Waals surface area contributed by atoms with Gasteiger partial charge in [-0.1, -0.05) is 12.2 Å². The summed E-state index contributed by atoms with van der Waals surface area (Å²) < 4.78 is 0. The highest BCUT2D eigenvalue weighted by molar-refractivity contribution is 5.85. The number of rotatable bonds is 2. The van der Waals surface area contributed by atoms with E-state index < -0.39 is 17.8 Å². The average molecular weight is 280 g/mol. The Kier molecular flexibility index (Phi) is 4.42. The quantitative estimate of drug-likeness (QED) is 0.740. The van der Waals surface area contributed by atoms with E-state index in [2.05, 4.69) is 0 Å². The fourth-order valence-electron chi connectivity index (χ4n) is 2.84. The Hall–Kier alpha value is -1.85. The molecule has 6 nitrogen and oxygen atoms in total. The molecule has 2 aliphatic rings. The van der Waals surface area contributed by atoms with Crippen LogP contribution in [0.1, 0.15) is 19.8 Å². The monoisotopic (exact) mass is 280 g/mol. The summed E-state index contributed by atoms with van der Waals surface area (Å²) >= 11 is 0. The van der Waals surface area contributed by atoms with E-state index in [-0.39, 0.29) is 11.8 Å². The zero-order valence-corrected chi connectivity index (χ0v) is 11.6. The molecule has 1 N–H and O–H groups in total. The molecular formula is C14H20N2O4. The van der Waals surface area contributed by atoms with Crippen LogP contribution in [0.25, 0.3) is 0 Å². The van der Waals surface area contributed by atoms with Gasteiger partial charge in [0.05, 0.1) is 11.8 Å². The predicted octanol–water partition coefficient (Wildman–Crippen LogP) is 0.344. The number of carboxylic acid groups (broad SMARTS) is 1. The second-order valence-electron chi connectivity index (χ2n) is 5.33. The van der Waals surface area contributed by atoms with Crippen LogP contribution in [0.4, 0.5) is 0 Å². The van der Waals surface area contributed by atoms with E-state index in [1.807, 2.05) is 12.2 Å². The number of carbonyl (C=O) groups excluding carboxylic acids is 2. The van der Waals surface area contributed by atoms with Crippen LogP contribution in [-0.2, 0) is 14.4 Å². The summed E-state index contributed by atoms with van der Waals surface area (Å²) in [5.41, 5.74) is 0. The number of carboxylic acids is 1. The van der Waals surface area contributed by atoms with Crippen molar-refractivity contribution < 1.29 is 19.5 Å². The third kappa shape index (κ3) is 3.00. The first kappa shape index (κ1) is 14.6. The average Bonchev–Trinajstić information content (AvgIpc) is 2.46. The molecule has 1 aliphatic heterocycles. The van der Waals surface area contributed by atoms with Crippen LogP contribution in [0.5, 0.6) is 0 Å². The first-order chi connectivity index (χ1) is 9.50. The van der Waals surface area contributed by atoms with Gasteiger partial charge in [-0.25, -0.2) is 0 Å². The molecule has 2 rings (SSSR count). The molecule has 1 fully saturated rings. The van der Waals surface area contributed by atoms with E-state index in [1.54, 1.807) is 9.80 Å². The maximum absolute atomic E-state index is 12.5. The highest BCUT2D eigenvalue weighted by Gasteiger charge is 2.37. The summed E-state index contributed by atoms with van der Waals surface area (Å²) in [6.45, 7) is 3.56. The molecule has 0 aromatic heterocycles. The summed E-state index contributed by atoms with van der Waals surface area (Å²) in [5.74, 6) is -2.08. The van der Waals surface area contributed by atoms with Crippen molar-refractivity contribution in [3.05, 3.63) is 12.2 Å². The Morgan fingerprint density at radius 2 is 1.45 bits per heavy atom. The zero-order valence-electron chi connectivity index (χ0n) is 11.6. The molecule has 2 amide bonds. The van der Waals surface area contributed by atoms with Gasteiger partial charge in [0.2, 0.25) is 11.8 Å². The van der Waals surface area contributed by atoms with Gasteiger partial charge in [-0.2, -0.15) is 0 Å². The number of aliphatic carboxylic acids is 1. The molecule has 2 atom stereocenters. The molecule has 110 valence electrons. The Balaban J connectivity index is 1.99. The molecule has 1 heterocycles. The van der Waals surface area contributed by atoms with E-state index in [0.717, 1.165) is 0 Å². The normalized spacial score (nSPS) is 26.4. The molecule has 0 saturated carbocycles. The summed E-state index contributed by atoms with van der Waals surface area (Å²) in [6.07, 6.45) is 4.62. The second kappa shape index (κ2) is 6.07. The van der Waals surface area contributed by atoms with Crippen molar-refractivity contribution in [3.63, 3.8) is 0 Å². The number of amides is 2. The zero-order chi connectivity index (χ0) is 14.7. The lowest BCUT2D eigenvalue weighted by Gasteiger charge is -2.37. The van der Waals surface area contributed by atoms with Crippen LogP contribution >= 0.6 is 0 Å². The highest BCUT2D eigenvalue weighted by Crippen LogP contribution is 2.28. The summed E-state index contributed by atoms with van der Waals surface area (Å²) in [7, 11) is 0. The van der Waals surface area contributed by atoms with Gasteiger partial charge in [-0.15, -0.1) is 0 Å². The fourth-order valence-corrected chi connectivity index (χ4v) is 2.84. The molecular weight excluding hydrogens is 260 g/mol. The maximum atomic E-state index is 12.5. The van der Waals surface area contributed by atoms with Gasteiger partial charge in [0.1, 0.15) is 0 Å². The van der Waals surface area contributed by atoms with Gasteiger partial charge in [-0.05, 0) is 12.8 Å². The lowest BCUT2D eigenvalue weighted by atomic mass is 9.82. The highest BCUT2D eigenvalue weighted by atomic mass is 16.4. The number of hydrogen-bond donors (Lipinski definition) is 1. The largest absolute Gasteiger partial charge is 0.481 e.